The molecule has 0 aliphatic rings. The summed E-state index contributed by atoms with van der Waals surface area (Å²) in [5, 5.41) is 8.98. The van der Waals surface area contributed by atoms with Crippen LogP contribution in [0.25, 0.3) is 0 Å². The Kier molecular flexibility index (Phi) is 7.40. The highest BCUT2D eigenvalue weighted by Gasteiger charge is 2.14. The maximum atomic E-state index is 11.0. The minimum absolute atomic E-state index is 0.139. The summed E-state index contributed by atoms with van der Waals surface area (Å²) in [5.74, 6) is -0.152. The van der Waals surface area contributed by atoms with Crippen molar-refractivity contribution in [1.82, 2.24) is 0 Å². The van der Waals surface area contributed by atoms with E-state index in [1.807, 2.05) is 0 Å². The molecule has 0 saturated carbocycles. The van der Waals surface area contributed by atoms with Crippen LogP contribution in [0.15, 0.2) is 16.6 Å². The highest BCUT2D eigenvalue weighted by molar-refractivity contribution is 9.10. The van der Waals surface area contributed by atoms with Gasteiger partial charge >= 0.3 is 5.97 Å². The van der Waals surface area contributed by atoms with Gasteiger partial charge in [0.2, 0.25) is 0 Å². The highest BCUT2D eigenvalue weighted by atomic mass is 79.9. The van der Waals surface area contributed by atoms with Crippen molar-refractivity contribution in [1.29, 1.82) is 0 Å². The van der Waals surface area contributed by atoms with Crippen molar-refractivity contribution in [2.24, 2.45) is 0 Å². The van der Waals surface area contributed by atoms with Crippen LogP contribution in [-0.4, -0.2) is 38.0 Å². The summed E-state index contributed by atoms with van der Waals surface area (Å²) in [6, 6.07) is 2.92. The molecule has 0 radical (unpaired) electrons. The molecule has 0 spiro atoms. The van der Waals surface area contributed by atoms with E-state index >= 15 is 0 Å². The van der Waals surface area contributed by atoms with Crippen molar-refractivity contribution in [3.05, 3.63) is 22.2 Å². The van der Waals surface area contributed by atoms with Gasteiger partial charge in [-0.2, -0.15) is 0 Å². The van der Waals surface area contributed by atoms with Crippen molar-refractivity contribution >= 4 is 21.9 Å². The Hall–Kier alpha value is -1.27. The van der Waals surface area contributed by atoms with Gasteiger partial charge in [-0.3, -0.25) is 0 Å². The van der Waals surface area contributed by atoms with E-state index in [0.717, 1.165) is 19.4 Å². The zero-order valence-electron chi connectivity index (χ0n) is 11.6. The normalized spacial score (nSPS) is 10.3. The number of hydrogen-bond donors (Lipinski definition) is 1. The van der Waals surface area contributed by atoms with Gasteiger partial charge in [0.05, 0.1) is 23.8 Å². The van der Waals surface area contributed by atoms with Crippen LogP contribution in [0, 0.1) is 0 Å². The van der Waals surface area contributed by atoms with Gasteiger partial charge in [-0.15, -0.1) is 0 Å². The van der Waals surface area contributed by atoms with Crippen molar-refractivity contribution in [2.45, 2.75) is 19.8 Å². The first-order valence-electron chi connectivity index (χ1n) is 6.41. The number of carboxylic acid groups (broad SMARTS) is 1. The first kappa shape index (κ1) is 16.8. The Balaban J connectivity index is 2.62. The summed E-state index contributed by atoms with van der Waals surface area (Å²) >= 11 is 3.29. The highest BCUT2D eigenvalue weighted by Crippen LogP contribution is 2.36. The third-order valence-corrected chi connectivity index (χ3v) is 3.18. The van der Waals surface area contributed by atoms with Crippen LogP contribution in [0.4, 0.5) is 0 Å². The Morgan fingerprint density at radius 1 is 1.30 bits per heavy atom. The van der Waals surface area contributed by atoms with Crippen LogP contribution in [0.2, 0.25) is 0 Å². The lowest BCUT2D eigenvalue weighted by atomic mass is 10.2. The number of rotatable bonds is 9. The standard InChI is InChI=1S/C14H19BrO5/c1-3-4-5-19-6-7-20-13-11(15)8-10(14(16)17)9-12(13)18-2/h8-9H,3-7H2,1-2H3,(H,16,17). The van der Waals surface area contributed by atoms with Gasteiger partial charge in [0.25, 0.3) is 0 Å². The quantitative estimate of drug-likeness (QED) is 0.694. The van der Waals surface area contributed by atoms with Crippen molar-refractivity contribution < 1.29 is 24.1 Å². The molecule has 1 aromatic carbocycles. The first-order valence-corrected chi connectivity index (χ1v) is 7.20. The molecular weight excluding hydrogens is 328 g/mol. The van der Waals surface area contributed by atoms with E-state index in [1.165, 1.54) is 19.2 Å². The molecule has 0 aliphatic carbocycles. The summed E-state index contributed by atoms with van der Waals surface area (Å²) in [7, 11) is 1.47. The molecule has 5 nitrogen and oxygen atoms in total. The Labute approximate surface area is 127 Å². The van der Waals surface area contributed by atoms with E-state index in [4.69, 9.17) is 19.3 Å². The number of unbranched alkanes of at least 4 members (excludes halogenated alkanes) is 1. The van der Waals surface area contributed by atoms with Crippen molar-refractivity contribution in [2.75, 3.05) is 26.9 Å². The second-order valence-corrected chi connectivity index (χ2v) is 4.96. The van der Waals surface area contributed by atoms with Gasteiger partial charge in [0, 0.05) is 6.61 Å². The Bertz CT molecular complexity index is 447. The second kappa shape index (κ2) is 8.81. The van der Waals surface area contributed by atoms with E-state index in [-0.39, 0.29) is 5.56 Å². The molecule has 1 aromatic rings. The molecule has 0 atom stereocenters. The Morgan fingerprint density at radius 3 is 2.65 bits per heavy atom. The average Bonchev–Trinajstić information content (AvgIpc) is 2.43. The lowest BCUT2D eigenvalue weighted by molar-refractivity contribution is 0.0696. The first-order chi connectivity index (χ1) is 9.60. The van der Waals surface area contributed by atoms with E-state index in [2.05, 4.69) is 22.9 Å². The second-order valence-electron chi connectivity index (χ2n) is 4.11. The van der Waals surface area contributed by atoms with Crippen LogP contribution in [0.1, 0.15) is 30.1 Å². The molecule has 6 heteroatoms. The molecule has 0 aliphatic heterocycles. The van der Waals surface area contributed by atoms with Gasteiger partial charge in [0.1, 0.15) is 6.61 Å². The van der Waals surface area contributed by atoms with Gasteiger partial charge in [-0.05, 0) is 34.5 Å². The summed E-state index contributed by atoms with van der Waals surface area (Å²) in [4.78, 5) is 11.0. The Morgan fingerprint density at radius 2 is 2.05 bits per heavy atom. The molecular formula is C14H19BrO5. The van der Waals surface area contributed by atoms with E-state index in [9.17, 15) is 4.79 Å². The third-order valence-electron chi connectivity index (χ3n) is 2.59. The van der Waals surface area contributed by atoms with E-state index in [1.54, 1.807) is 0 Å². The molecule has 112 valence electrons. The largest absolute Gasteiger partial charge is 0.493 e. The number of halogens is 1. The molecule has 0 saturated heterocycles. The predicted octanol–water partition coefficient (Wildman–Crippen LogP) is 3.35. The number of benzene rings is 1. The number of carboxylic acids is 1. The van der Waals surface area contributed by atoms with E-state index in [0.29, 0.717) is 29.2 Å². The van der Waals surface area contributed by atoms with E-state index < -0.39 is 5.97 Å². The number of hydrogen-bond acceptors (Lipinski definition) is 4. The fourth-order valence-electron chi connectivity index (χ4n) is 1.53. The molecule has 0 amide bonds. The minimum atomic E-state index is -1.02. The fraction of sp³-hybridized carbons (Fsp3) is 0.500. The van der Waals surface area contributed by atoms with Gasteiger partial charge < -0.3 is 19.3 Å². The monoisotopic (exact) mass is 346 g/mol. The lowest BCUT2D eigenvalue weighted by Gasteiger charge is -2.13. The predicted molar refractivity (Wildman–Crippen MR) is 78.9 cm³/mol. The SMILES string of the molecule is CCCCOCCOc1c(Br)cc(C(=O)O)cc1OC. The van der Waals surface area contributed by atoms with Crippen molar-refractivity contribution in [3.63, 3.8) is 0 Å². The fourth-order valence-corrected chi connectivity index (χ4v) is 2.09. The van der Waals surface area contributed by atoms with Crippen LogP contribution >= 0.6 is 15.9 Å². The van der Waals surface area contributed by atoms with Crippen LogP contribution in [0.5, 0.6) is 11.5 Å². The molecule has 1 N–H and O–H groups in total. The molecule has 0 fully saturated rings. The lowest BCUT2D eigenvalue weighted by Crippen LogP contribution is -2.09. The number of ether oxygens (including phenoxy) is 3. The molecule has 20 heavy (non-hydrogen) atoms. The number of methoxy groups -OCH3 is 1. The summed E-state index contributed by atoms with van der Waals surface area (Å²) in [6.07, 6.45) is 2.12. The average molecular weight is 347 g/mol. The summed E-state index contributed by atoms with van der Waals surface area (Å²) in [5.41, 5.74) is 0.139. The van der Waals surface area contributed by atoms with Gasteiger partial charge in [0.15, 0.2) is 11.5 Å². The number of aromatic carboxylic acids is 1. The minimum Gasteiger partial charge on any atom is -0.493 e. The summed E-state index contributed by atoms with van der Waals surface area (Å²) in [6.45, 7) is 3.68. The van der Waals surface area contributed by atoms with Crippen LogP contribution in [-0.2, 0) is 4.74 Å². The maximum Gasteiger partial charge on any atom is 0.335 e. The summed E-state index contributed by atoms with van der Waals surface area (Å²) < 4.78 is 16.7. The van der Waals surface area contributed by atoms with Crippen LogP contribution in [0.3, 0.4) is 0 Å². The van der Waals surface area contributed by atoms with Gasteiger partial charge in [-0.25, -0.2) is 4.79 Å². The molecule has 0 aromatic heterocycles. The zero-order chi connectivity index (χ0) is 15.0. The topological polar surface area (TPSA) is 65.0 Å². The molecule has 1 rings (SSSR count). The number of carbonyl (C=O) groups is 1. The molecule has 0 bridgehead atoms. The molecule has 0 unspecified atom stereocenters. The molecule has 0 heterocycles. The zero-order valence-corrected chi connectivity index (χ0v) is 13.2. The van der Waals surface area contributed by atoms with Crippen molar-refractivity contribution in [3.8, 4) is 11.5 Å². The smallest absolute Gasteiger partial charge is 0.335 e. The third kappa shape index (κ3) is 5.02. The maximum absolute atomic E-state index is 11.0. The van der Waals surface area contributed by atoms with Gasteiger partial charge in [-0.1, -0.05) is 13.3 Å². The van der Waals surface area contributed by atoms with Crippen LogP contribution < -0.4 is 9.47 Å².